The van der Waals surface area contributed by atoms with Gasteiger partial charge in [-0.3, -0.25) is 13.9 Å². The molecule has 0 bridgehead atoms. The second kappa shape index (κ2) is 11.8. The first-order valence-corrected chi connectivity index (χ1v) is 13.0. The predicted octanol–water partition coefficient (Wildman–Crippen LogP) is 3.88. The Morgan fingerprint density at radius 3 is 2.25 bits per heavy atom. The van der Waals surface area contributed by atoms with Gasteiger partial charge in [-0.2, -0.15) is 0 Å². The summed E-state index contributed by atoms with van der Waals surface area (Å²) in [7, 11) is -2.82. The number of benzene rings is 3. The number of halogens is 1. The third kappa shape index (κ3) is 6.09. The number of hydrogen-bond acceptors (Lipinski definition) is 4. The van der Waals surface area contributed by atoms with Crippen molar-refractivity contribution in [3.63, 3.8) is 0 Å². The topological polar surface area (TPSA) is 86.8 Å². The van der Waals surface area contributed by atoms with E-state index in [9.17, 15) is 22.4 Å². The van der Waals surface area contributed by atoms with Gasteiger partial charge in [0.2, 0.25) is 11.8 Å². The normalized spacial score (nSPS) is 12.0. The van der Waals surface area contributed by atoms with E-state index in [1.807, 2.05) is 31.2 Å². The Kier molecular flexibility index (Phi) is 8.82. The van der Waals surface area contributed by atoms with Crippen molar-refractivity contribution in [2.45, 2.75) is 37.8 Å². The zero-order chi connectivity index (χ0) is 26.3. The summed E-state index contributed by atoms with van der Waals surface area (Å²) in [6, 6.07) is 19.6. The van der Waals surface area contributed by atoms with Crippen molar-refractivity contribution in [1.82, 2.24) is 10.2 Å². The van der Waals surface area contributed by atoms with Crippen LogP contribution in [0.2, 0.25) is 0 Å². The largest absolute Gasteiger partial charge is 0.357 e. The van der Waals surface area contributed by atoms with E-state index in [1.165, 1.54) is 42.3 Å². The van der Waals surface area contributed by atoms with Gasteiger partial charge in [0, 0.05) is 13.6 Å². The summed E-state index contributed by atoms with van der Waals surface area (Å²) in [6.45, 7) is 3.09. The van der Waals surface area contributed by atoms with Gasteiger partial charge < -0.3 is 10.2 Å². The average Bonchev–Trinajstić information content (AvgIpc) is 2.87. The highest BCUT2D eigenvalue weighted by atomic mass is 32.2. The lowest BCUT2D eigenvalue weighted by Gasteiger charge is -2.33. The molecule has 36 heavy (non-hydrogen) atoms. The summed E-state index contributed by atoms with van der Waals surface area (Å²) >= 11 is 0. The molecule has 0 radical (unpaired) electrons. The van der Waals surface area contributed by atoms with Crippen LogP contribution in [-0.2, 0) is 26.2 Å². The van der Waals surface area contributed by atoms with E-state index < -0.39 is 34.3 Å². The Balaban J connectivity index is 2.06. The lowest BCUT2D eigenvalue weighted by molar-refractivity contribution is -0.140. The maximum Gasteiger partial charge on any atom is 0.264 e. The fourth-order valence-corrected chi connectivity index (χ4v) is 5.42. The van der Waals surface area contributed by atoms with E-state index in [2.05, 4.69) is 5.32 Å². The molecule has 0 spiro atoms. The minimum Gasteiger partial charge on any atom is -0.357 e. The number of amides is 2. The number of rotatable bonds is 10. The highest BCUT2D eigenvalue weighted by Gasteiger charge is 2.34. The van der Waals surface area contributed by atoms with Crippen LogP contribution in [0.3, 0.4) is 0 Å². The number of likely N-dealkylation sites (N-methyl/N-ethyl adjacent to an activating group) is 1. The number of carbonyl (C=O) groups excluding carboxylic acids is 2. The maximum absolute atomic E-state index is 14.8. The third-order valence-electron chi connectivity index (χ3n) is 5.80. The molecule has 0 aromatic heterocycles. The van der Waals surface area contributed by atoms with E-state index in [-0.39, 0.29) is 23.0 Å². The second-order valence-corrected chi connectivity index (χ2v) is 10.2. The van der Waals surface area contributed by atoms with Crippen LogP contribution in [0.15, 0.2) is 83.8 Å². The Bertz CT molecular complexity index is 1320. The molecule has 0 saturated carbocycles. The van der Waals surface area contributed by atoms with E-state index in [4.69, 9.17) is 0 Å². The van der Waals surface area contributed by atoms with Crippen LogP contribution >= 0.6 is 0 Å². The molecule has 3 aromatic carbocycles. The van der Waals surface area contributed by atoms with Crippen LogP contribution in [-0.4, -0.2) is 44.8 Å². The van der Waals surface area contributed by atoms with Crippen molar-refractivity contribution in [3.8, 4) is 0 Å². The van der Waals surface area contributed by atoms with Gasteiger partial charge in [0.25, 0.3) is 10.0 Å². The number of aryl methyl sites for hydroxylation is 1. The first-order chi connectivity index (χ1) is 17.2. The van der Waals surface area contributed by atoms with Crippen LogP contribution in [0.1, 0.15) is 24.5 Å². The number of hydrogen-bond donors (Lipinski definition) is 1. The molecule has 0 aliphatic heterocycles. The Labute approximate surface area is 211 Å². The minimum absolute atomic E-state index is 0.0790. The number of sulfonamides is 1. The zero-order valence-corrected chi connectivity index (χ0v) is 21.3. The average molecular weight is 512 g/mol. The summed E-state index contributed by atoms with van der Waals surface area (Å²) in [5.74, 6) is -1.79. The van der Waals surface area contributed by atoms with Gasteiger partial charge in [0.05, 0.1) is 10.6 Å². The molecule has 0 heterocycles. The number of carbonyl (C=O) groups is 2. The summed E-state index contributed by atoms with van der Waals surface area (Å²) in [5.41, 5.74) is 1.51. The first-order valence-electron chi connectivity index (χ1n) is 11.6. The quantitative estimate of drug-likeness (QED) is 0.448. The Morgan fingerprint density at radius 1 is 0.972 bits per heavy atom. The van der Waals surface area contributed by atoms with Gasteiger partial charge in [0.15, 0.2) is 0 Å². The summed E-state index contributed by atoms with van der Waals surface area (Å²) in [4.78, 5) is 27.7. The number of nitrogens with one attached hydrogen (secondary N) is 1. The maximum atomic E-state index is 14.8. The van der Waals surface area contributed by atoms with E-state index in [0.29, 0.717) is 6.42 Å². The molecule has 7 nitrogen and oxygen atoms in total. The molecule has 3 rings (SSSR count). The molecule has 9 heteroatoms. The third-order valence-corrected chi connectivity index (χ3v) is 7.57. The number of nitrogens with zero attached hydrogens (tertiary/aromatic N) is 2. The first kappa shape index (κ1) is 26.9. The fourth-order valence-electron chi connectivity index (χ4n) is 3.98. The lowest BCUT2D eigenvalue weighted by Crippen LogP contribution is -2.51. The minimum atomic E-state index is -4.30. The van der Waals surface area contributed by atoms with Crippen LogP contribution in [0.5, 0.6) is 0 Å². The highest BCUT2D eigenvalue weighted by Crippen LogP contribution is 2.27. The van der Waals surface area contributed by atoms with Gasteiger partial charge in [0.1, 0.15) is 18.4 Å². The van der Waals surface area contributed by atoms with E-state index in [0.717, 1.165) is 21.5 Å². The van der Waals surface area contributed by atoms with Crippen molar-refractivity contribution in [2.75, 3.05) is 17.9 Å². The summed E-state index contributed by atoms with van der Waals surface area (Å²) in [5, 5.41) is 2.57. The fraction of sp³-hybridized carbons (Fsp3) is 0.259. The second-order valence-electron chi connectivity index (χ2n) is 8.33. The molecular formula is C27H30FN3O4S. The molecule has 3 aromatic rings. The standard InChI is InChI=1S/C27H30FN3O4S/c1-4-24(27(33)29-3)30(18-21-12-10-11-20(2)17-21)26(32)19-31(25-16-9-8-15-23(25)28)36(34,35)22-13-6-5-7-14-22/h5-17,24H,4,18-19H2,1-3H3,(H,29,33). The molecular weight excluding hydrogens is 481 g/mol. The van der Waals surface area contributed by atoms with Gasteiger partial charge >= 0.3 is 0 Å². The molecule has 0 fully saturated rings. The Hall–Kier alpha value is -3.72. The molecule has 1 atom stereocenters. The summed E-state index contributed by atoms with van der Waals surface area (Å²) in [6.07, 6.45) is 0.308. The number of para-hydroxylation sites is 1. The number of anilines is 1. The Morgan fingerprint density at radius 2 is 1.64 bits per heavy atom. The van der Waals surface area contributed by atoms with Crippen LogP contribution < -0.4 is 9.62 Å². The molecule has 1 N–H and O–H groups in total. The lowest BCUT2D eigenvalue weighted by atomic mass is 10.1. The molecule has 2 amide bonds. The van der Waals surface area contributed by atoms with Crippen molar-refractivity contribution >= 4 is 27.5 Å². The molecule has 0 saturated heterocycles. The van der Waals surface area contributed by atoms with Crippen molar-refractivity contribution in [3.05, 3.63) is 95.8 Å². The van der Waals surface area contributed by atoms with E-state index in [1.54, 1.807) is 25.1 Å². The van der Waals surface area contributed by atoms with Gasteiger partial charge in [-0.25, -0.2) is 12.8 Å². The van der Waals surface area contributed by atoms with Crippen molar-refractivity contribution in [2.24, 2.45) is 0 Å². The van der Waals surface area contributed by atoms with Crippen LogP contribution in [0.4, 0.5) is 10.1 Å². The molecule has 1 unspecified atom stereocenters. The van der Waals surface area contributed by atoms with E-state index >= 15 is 0 Å². The van der Waals surface area contributed by atoms with Gasteiger partial charge in [-0.1, -0.05) is 67.1 Å². The van der Waals surface area contributed by atoms with Crippen LogP contribution in [0, 0.1) is 12.7 Å². The highest BCUT2D eigenvalue weighted by molar-refractivity contribution is 7.92. The monoisotopic (exact) mass is 511 g/mol. The van der Waals surface area contributed by atoms with Crippen LogP contribution in [0.25, 0.3) is 0 Å². The van der Waals surface area contributed by atoms with Crippen molar-refractivity contribution < 1.29 is 22.4 Å². The molecule has 0 aliphatic carbocycles. The smallest absolute Gasteiger partial charge is 0.264 e. The van der Waals surface area contributed by atoms with Gasteiger partial charge in [-0.05, 0) is 43.2 Å². The van der Waals surface area contributed by atoms with Gasteiger partial charge in [-0.15, -0.1) is 0 Å². The SMILES string of the molecule is CCC(C(=O)NC)N(Cc1cccc(C)c1)C(=O)CN(c1ccccc1F)S(=O)(=O)c1ccccc1. The zero-order valence-electron chi connectivity index (χ0n) is 20.5. The predicted molar refractivity (Wildman–Crippen MR) is 137 cm³/mol. The summed E-state index contributed by atoms with van der Waals surface area (Å²) < 4.78 is 42.8. The van der Waals surface area contributed by atoms with Crippen molar-refractivity contribution in [1.29, 1.82) is 0 Å². The molecule has 190 valence electrons. The molecule has 0 aliphatic rings.